The van der Waals surface area contributed by atoms with Gasteiger partial charge in [-0.25, -0.2) is 0 Å². The van der Waals surface area contributed by atoms with Crippen molar-refractivity contribution in [2.75, 3.05) is 13.2 Å². The molecule has 15 nitrogen and oxygen atoms in total. The lowest BCUT2D eigenvalue weighted by molar-refractivity contribution is -0.312. The lowest BCUT2D eigenvalue weighted by Crippen LogP contribution is -2.69. The fourth-order valence-corrected chi connectivity index (χ4v) is 4.44. The average Bonchev–Trinajstić information content (AvgIpc) is 2.79. The monoisotopic (exact) mass is 483 g/mol. The molecule has 1 aliphatic carbocycles. The molecule has 2 aliphatic heterocycles. The van der Waals surface area contributed by atoms with Crippen LogP contribution in [-0.2, 0) is 18.9 Å². The second-order valence-electron chi connectivity index (χ2n) is 8.88. The van der Waals surface area contributed by atoms with Gasteiger partial charge >= 0.3 is 0 Å². The zero-order chi connectivity index (χ0) is 24.6. The lowest BCUT2D eigenvalue weighted by Gasteiger charge is -2.48. The maximum absolute atomic E-state index is 11.0. The van der Waals surface area contributed by atoms with Gasteiger partial charge in [0.15, 0.2) is 12.6 Å². The van der Waals surface area contributed by atoms with Crippen molar-refractivity contribution in [2.45, 2.75) is 98.1 Å². The summed E-state index contributed by atoms with van der Waals surface area (Å²) in [5.41, 5.74) is 29.7. The van der Waals surface area contributed by atoms with Crippen molar-refractivity contribution in [2.24, 2.45) is 28.7 Å². The van der Waals surface area contributed by atoms with Gasteiger partial charge in [-0.05, 0) is 6.42 Å². The second-order valence-corrected chi connectivity index (χ2v) is 8.88. The quantitative estimate of drug-likeness (QED) is 0.167. The first-order chi connectivity index (χ1) is 15.5. The Kier molecular flexibility index (Phi) is 8.99. The van der Waals surface area contributed by atoms with Crippen LogP contribution in [0.4, 0.5) is 0 Å². The third-order valence-corrected chi connectivity index (χ3v) is 6.55. The molecule has 0 aromatic carbocycles. The van der Waals surface area contributed by atoms with Crippen LogP contribution < -0.4 is 28.7 Å². The van der Waals surface area contributed by atoms with Crippen molar-refractivity contribution in [1.82, 2.24) is 0 Å². The normalized spacial score (nSPS) is 53.7. The van der Waals surface area contributed by atoms with E-state index >= 15 is 0 Å². The Morgan fingerprint density at radius 3 is 1.52 bits per heavy atom. The summed E-state index contributed by atoms with van der Waals surface area (Å²) < 4.78 is 22.6. The summed E-state index contributed by atoms with van der Waals surface area (Å²) in [5.74, 6) is 0. The van der Waals surface area contributed by atoms with E-state index in [1.54, 1.807) is 0 Å². The molecule has 0 radical (unpaired) electrons. The highest BCUT2D eigenvalue weighted by Gasteiger charge is 2.51. The Balaban J connectivity index is 1.72. The smallest absolute Gasteiger partial charge is 0.176 e. The van der Waals surface area contributed by atoms with Gasteiger partial charge in [0.2, 0.25) is 0 Å². The zero-order valence-electron chi connectivity index (χ0n) is 18.0. The van der Waals surface area contributed by atoms with Crippen LogP contribution in [0.25, 0.3) is 0 Å². The molecule has 194 valence electrons. The molecule has 2 saturated heterocycles. The molecule has 0 unspecified atom stereocenters. The summed E-state index contributed by atoms with van der Waals surface area (Å²) in [4.78, 5) is 0. The molecule has 15 atom stereocenters. The van der Waals surface area contributed by atoms with Gasteiger partial charge in [-0.15, -0.1) is 0 Å². The van der Waals surface area contributed by atoms with Gasteiger partial charge < -0.3 is 78.3 Å². The predicted molar refractivity (Wildman–Crippen MR) is 110 cm³/mol. The molecule has 15 heteroatoms. The molecule has 33 heavy (non-hydrogen) atoms. The maximum atomic E-state index is 11.0. The van der Waals surface area contributed by atoms with E-state index < -0.39 is 98.3 Å². The van der Waals surface area contributed by atoms with E-state index in [-0.39, 0.29) is 13.0 Å². The summed E-state index contributed by atoms with van der Waals surface area (Å²) in [7, 11) is 0. The van der Waals surface area contributed by atoms with Crippen molar-refractivity contribution in [3.8, 4) is 0 Å². The van der Waals surface area contributed by atoms with Crippen molar-refractivity contribution < 1.29 is 49.6 Å². The van der Waals surface area contributed by atoms with Gasteiger partial charge in [0.1, 0.15) is 54.9 Å². The Bertz CT molecular complexity index is 585. The summed E-state index contributed by atoms with van der Waals surface area (Å²) >= 11 is 0. The molecule has 3 rings (SSSR count). The zero-order valence-corrected chi connectivity index (χ0v) is 18.0. The van der Waals surface area contributed by atoms with Crippen molar-refractivity contribution in [1.29, 1.82) is 0 Å². The predicted octanol–water partition coefficient (Wildman–Crippen LogP) is -7.33. The number of hydrogen-bond donors (Lipinski definition) is 11. The van der Waals surface area contributed by atoms with Crippen LogP contribution in [0.3, 0.4) is 0 Å². The van der Waals surface area contributed by atoms with Crippen LogP contribution in [0, 0.1) is 0 Å². The van der Waals surface area contributed by atoms with E-state index in [2.05, 4.69) is 0 Å². The first-order valence-electron chi connectivity index (χ1n) is 10.9. The van der Waals surface area contributed by atoms with Gasteiger partial charge in [0.25, 0.3) is 0 Å². The van der Waals surface area contributed by atoms with Gasteiger partial charge in [-0.2, -0.15) is 0 Å². The third kappa shape index (κ3) is 5.32. The van der Waals surface area contributed by atoms with E-state index in [9.17, 15) is 30.6 Å². The molecule has 0 spiro atoms. The molecule has 2 heterocycles. The maximum Gasteiger partial charge on any atom is 0.176 e. The topological polar surface area (TPSA) is 288 Å². The molecular weight excluding hydrogens is 446 g/mol. The molecule has 3 fully saturated rings. The number of aliphatic hydroxyl groups is 6. The Morgan fingerprint density at radius 1 is 0.667 bits per heavy atom. The number of ether oxygens (including phenoxy) is 4. The van der Waals surface area contributed by atoms with Crippen molar-refractivity contribution >= 4 is 0 Å². The largest absolute Gasteiger partial charge is 0.394 e. The number of aliphatic hydroxyl groups excluding tert-OH is 6. The summed E-state index contributed by atoms with van der Waals surface area (Å²) in [6, 6.07) is -3.92. The molecule has 0 amide bonds. The van der Waals surface area contributed by atoms with E-state index in [4.69, 9.17) is 47.6 Å². The van der Waals surface area contributed by atoms with E-state index in [0.29, 0.717) is 0 Å². The van der Waals surface area contributed by atoms with E-state index in [1.807, 2.05) is 0 Å². The van der Waals surface area contributed by atoms with Gasteiger partial charge in [0, 0.05) is 18.6 Å². The van der Waals surface area contributed by atoms with Gasteiger partial charge in [0.05, 0.1) is 18.7 Å². The SMILES string of the molecule is NC[C@H]1O[C@H](O[C@H]2[C@H](O)[C@@H](O[C@H]3O[C@H](CO)[C@@H](O)[C@H](O)[C@H]3N)[C@H](N)C[C@@H]2N)[C@H](N)[C@@H](O)[C@@H]1O. The van der Waals surface area contributed by atoms with Crippen LogP contribution in [0.1, 0.15) is 6.42 Å². The van der Waals surface area contributed by atoms with Crippen LogP contribution in [0.5, 0.6) is 0 Å². The number of rotatable bonds is 6. The molecule has 16 N–H and O–H groups in total. The highest BCUT2D eigenvalue weighted by atomic mass is 16.7. The molecule has 3 aliphatic rings. The Hall–Kier alpha value is -0.600. The lowest BCUT2D eigenvalue weighted by atomic mass is 9.84. The molecule has 0 aromatic rings. The fourth-order valence-electron chi connectivity index (χ4n) is 4.44. The van der Waals surface area contributed by atoms with Gasteiger partial charge in [-0.3, -0.25) is 0 Å². The van der Waals surface area contributed by atoms with Gasteiger partial charge in [-0.1, -0.05) is 0 Å². The molecule has 1 saturated carbocycles. The van der Waals surface area contributed by atoms with Crippen LogP contribution >= 0.6 is 0 Å². The van der Waals surface area contributed by atoms with E-state index in [1.165, 1.54) is 0 Å². The molecule has 0 aromatic heterocycles. The first-order valence-corrected chi connectivity index (χ1v) is 10.9. The first kappa shape index (κ1) is 27.0. The standard InChI is InChI=1S/C18H37N5O10/c19-2-6-10(25)12(27)8(22)17(30-6)32-15-4(20)1-5(21)16(14(15)29)33-18-9(23)13(28)11(26)7(3-24)31-18/h4-18,24-29H,1-3,19-23H2/t4-,5+,6+,7+,8+,9+,10+,11+,12+,13+,14-,15+,16-,17+,18+/m0/s1. The second kappa shape index (κ2) is 11.0. The third-order valence-electron chi connectivity index (χ3n) is 6.55. The van der Waals surface area contributed by atoms with E-state index in [0.717, 1.165) is 0 Å². The number of nitrogens with two attached hydrogens (primary N) is 5. The highest BCUT2D eigenvalue weighted by Crippen LogP contribution is 2.30. The summed E-state index contributed by atoms with van der Waals surface area (Å²) in [5, 5.41) is 60.7. The Labute approximate surface area is 190 Å². The van der Waals surface area contributed by atoms with Crippen LogP contribution in [-0.4, -0.2) is 135 Å². The van der Waals surface area contributed by atoms with Crippen molar-refractivity contribution in [3.05, 3.63) is 0 Å². The Morgan fingerprint density at radius 2 is 1.09 bits per heavy atom. The number of hydrogen-bond acceptors (Lipinski definition) is 15. The average molecular weight is 484 g/mol. The van der Waals surface area contributed by atoms with Crippen LogP contribution in [0.15, 0.2) is 0 Å². The minimum Gasteiger partial charge on any atom is -0.394 e. The van der Waals surface area contributed by atoms with Crippen LogP contribution in [0.2, 0.25) is 0 Å². The fraction of sp³-hybridized carbons (Fsp3) is 1.00. The summed E-state index contributed by atoms with van der Waals surface area (Å²) in [6.07, 6.45) is -13.8. The van der Waals surface area contributed by atoms with Crippen molar-refractivity contribution in [3.63, 3.8) is 0 Å². The summed E-state index contributed by atoms with van der Waals surface area (Å²) in [6.45, 7) is -0.716. The minimum atomic E-state index is -1.46. The molecule has 0 bridgehead atoms. The minimum absolute atomic E-state index is 0.113. The highest BCUT2D eigenvalue weighted by molar-refractivity contribution is 5.01. The molecular formula is C18H37N5O10.